The number of amides is 2. The molecule has 1 aromatic carbocycles. The highest BCUT2D eigenvalue weighted by molar-refractivity contribution is 6.33. The van der Waals surface area contributed by atoms with E-state index in [4.69, 9.17) is 16.0 Å². The summed E-state index contributed by atoms with van der Waals surface area (Å²) < 4.78 is 5.85. The van der Waals surface area contributed by atoms with Gasteiger partial charge in [0, 0.05) is 17.2 Å². The Hall–Kier alpha value is -3.10. The maximum atomic E-state index is 13.0. The minimum absolute atomic E-state index is 0.0240. The topological polar surface area (TPSA) is 74.3 Å². The van der Waals surface area contributed by atoms with Gasteiger partial charge < -0.3 is 4.42 Å². The second kappa shape index (κ2) is 7.87. The summed E-state index contributed by atoms with van der Waals surface area (Å²) in [7, 11) is 0. The predicted molar refractivity (Wildman–Crippen MR) is 107 cm³/mol. The Morgan fingerprint density at radius 3 is 2.57 bits per heavy atom. The zero-order valence-corrected chi connectivity index (χ0v) is 16.6. The van der Waals surface area contributed by atoms with Crippen LogP contribution in [0.3, 0.4) is 0 Å². The van der Waals surface area contributed by atoms with Crippen LogP contribution in [0.25, 0.3) is 17.4 Å². The van der Waals surface area contributed by atoms with E-state index in [2.05, 4.69) is 0 Å². The van der Waals surface area contributed by atoms with E-state index in [9.17, 15) is 14.9 Å². The van der Waals surface area contributed by atoms with Crippen molar-refractivity contribution in [1.82, 2.24) is 4.90 Å². The third-order valence-electron chi connectivity index (χ3n) is 4.86. The van der Waals surface area contributed by atoms with Crippen LogP contribution < -0.4 is 0 Å². The molecule has 1 aliphatic heterocycles. The van der Waals surface area contributed by atoms with Gasteiger partial charge in [-0.25, -0.2) is 0 Å². The number of nitriles is 1. The summed E-state index contributed by atoms with van der Waals surface area (Å²) in [6, 6.07) is 12.4. The number of nitrogens with zero attached hydrogens (tertiary/aromatic N) is 2. The van der Waals surface area contributed by atoms with E-state index < -0.39 is 11.8 Å². The number of imide groups is 1. The molecule has 2 amide bonds. The van der Waals surface area contributed by atoms with Gasteiger partial charge in [-0.05, 0) is 56.2 Å². The van der Waals surface area contributed by atoms with Crippen molar-refractivity contribution in [2.45, 2.75) is 33.2 Å². The molecule has 0 spiro atoms. The monoisotopic (exact) mass is 394 g/mol. The first-order valence-electron chi connectivity index (χ1n) is 8.94. The number of carbonyl (C=O) groups is 2. The van der Waals surface area contributed by atoms with Crippen LogP contribution in [0.5, 0.6) is 0 Å². The lowest BCUT2D eigenvalue weighted by Crippen LogP contribution is -2.47. The number of hydrogen-bond donors (Lipinski definition) is 0. The molecule has 1 aliphatic rings. The Bertz CT molecular complexity index is 1060. The second-order valence-corrected chi connectivity index (χ2v) is 7.00. The van der Waals surface area contributed by atoms with Crippen LogP contribution in [0.4, 0.5) is 0 Å². The van der Waals surface area contributed by atoms with Crippen molar-refractivity contribution < 1.29 is 14.0 Å². The highest BCUT2D eigenvalue weighted by atomic mass is 35.5. The van der Waals surface area contributed by atoms with Crippen molar-refractivity contribution in [2.75, 3.05) is 0 Å². The summed E-state index contributed by atoms with van der Waals surface area (Å²) in [6.45, 7) is 5.27. The molecule has 0 saturated carbocycles. The molecule has 1 aromatic heterocycles. The maximum absolute atomic E-state index is 13.0. The third kappa shape index (κ3) is 3.39. The molecule has 3 rings (SSSR count). The predicted octanol–water partition coefficient (Wildman–Crippen LogP) is 4.99. The van der Waals surface area contributed by atoms with Gasteiger partial charge in [-0.15, -0.1) is 0 Å². The van der Waals surface area contributed by atoms with Gasteiger partial charge in [-0.1, -0.05) is 30.7 Å². The fraction of sp³-hybridized carbons (Fsp3) is 0.227. The standard InChI is InChI=1S/C22H19ClN2O3/c1-4-13(2)25-21(26)17(14(3)18(12-24)22(25)27)11-15-9-10-20(28-15)16-7-5-6-8-19(16)23/h5-11,13H,4H2,1-3H3/b17-11+. The van der Waals surface area contributed by atoms with Gasteiger partial charge in [0.25, 0.3) is 11.8 Å². The van der Waals surface area contributed by atoms with Crippen LogP contribution in [0.2, 0.25) is 5.02 Å². The van der Waals surface area contributed by atoms with Gasteiger partial charge in [-0.3, -0.25) is 14.5 Å². The Kier molecular flexibility index (Phi) is 5.53. The largest absolute Gasteiger partial charge is 0.457 e. The van der Waals surface area contributed by atoms with Crippen LogP contribution in [-0.4, -0.2) is 22.8 Å². The van der Waals surface area contributed by atoms with Crippen molar-refractivity contribution in [3.63, 3.8) is 0 Å². The summed E-state index contributed by atoms with van der Waals surface area (Å²) in [5, 5.41) is 9.98. The Labute approximate surface area is 168 Å². The molecule has 28 heavy (non-hydrogen) atoms. The lowest BCUT2D eigenvalue weighted by Gasteiger charge is -2.31. The highest BCUT2D eigenvalue weighted by Gasteiger charge is 2.37. The van der Waals surface area contributed by atoms with Crippen LogP contribution >= 0.6 is 11.6 Å². The summed E-state index contributed by atoms with van der Waals surface area (Å²) in [5.41, 5.74) is 1.35. The number of benzene rings is 1. The van der Waals surface area contributed by atoms with Gasteiger partial charge in [0.1, 0.15) is 23.2 Å². The fourth-order valence-electron chi connectivity index (χ4n) is 3.06. The molecule has 1 atom stereocenters. The Morgan fingerprint density at radius 2 is 1.93 bits per heavy atom. The quantitative estimate of drug-likeness (QED) is 0.540. The lowest BCUT2D eigenvalue weighted by atomic mass is 9.93. The molecule has 2 aromatic rings. The van der Waals surface area contributed by atoms with E-state index in [1.165, 1.54) is 0 Å². The normalized spacial score (nSPS) is 17.2. The van der Waals surface area contributed by atoms with Gasteiger partial charge >= 0.3 is 0 Å². The molecule has 142 valence electrons. The number of carbonyl (C=O) groups excluding carboxylic acids is 2. The molecule has 0 N–H and O–H groups in total. The van der Waals surface area contributed by atoms with Crippen molar-refractivity contribution in [3.8, 4) is 17.4 Å². The number of halogens is 1. The summed E-state index contributed by atoms with van der Waals surface area (Å²) >= 11 is 6.21. The van der Waals surface area contributed by atoms with Crippen molar-refractivity contribution in [3.05, 3.63) is 63.9 Å². The van der Waals surface area contributed by atoms with E-state index in [-0.39, 0.29) is 17.2 Å². The second-order valence-electron chi connectivity index (χ2n) is 6.59. The van der Waals surface area contributed by atoms with Crippen LogP contribution in [0, 0.1) is 11.3 Å². The van der Waals surface area contributed by atoms with E-state index >= 15 is 0 Å². The minimum Gasteiger partial charge on any atom is -0.457 e. The van der Waals surface area contributed by atoms with Crippen molar-refractivity contribution >= 4 is 29.5 Å². The molecule has 1 unspecified atom stereocenters. The zero-order valence-electron chi connectivity index (χ0n) is 15.8. The first-order chi connectivity index (χ1) is 13.4. The van der Waals surface area contributed by atoms with Gasteiger partial charge in [0.05, 0.1) is 5.02 Å². The average Bonchev–Trinajstić information content (AvgIpc) is 3.14. The van der Waals surface area contributed by atoms with E-state index in [0.717, 1.165) is 10.5 Å². The Balaban J connectivity index is 2.07. The summed E-state index contributed by atoms with van der Waals surface area (Å²) in [4.78, 5) is 26.7. The van der Waals surface area contributed by atoms with Gasteiger partial charge in [0.2, 0.25) is 0 Å². The van der Waals surface area contributed by atoms with Gasteiger partial charge in [-0.2, -0.15) is 5.26 Å². The van der Waals surface area contributed by atoms with Crippen molar-refractivity contribution in [2.24, 2.45) is 0 Å². The minimum atomic E-state index is -0.548. The summed E-state index contributed by atoms with van der Waals surface area (Å²) in [5.74, 6) is 0.0327. The molecule has 0 fully saturated rings. The first kappa shape index (κ1) is 19.7. The third-order valence-corrected chi connectivity index (χ3v) is 5.19. The molecular weight excluding hydrogens is 376 g/mol. The zero-order chi connectivity index (χ0) is 20.4. The average molecular weight is 395 g/mol. The Morgan fingerprint density at radius 1 is 1.21 bits per heavy atom. The molecular formula is C22H19ClN2O3. The highest BCUT2D eigenvalue weighted by Crippen LogP contribution is 2.32. The number of furan rings is 1. The van der Waals surface area contributed by atoms with Crippen LogP contribution in [-0.2, 0) is 9.59 Å². The first-order valence-corrected chi connectivity index (χ1v) is 9.32. The number of rotatable bonds is 4. The molecule has 0 radical (unpaired) electrons. The SMILES string of the molecule is CCC(C)N1C(=O)C(C#N)=C(C)/C(=C\c2ccc(-c3ccccc3Cl)o2)C1=O. The molecule has 6 heteroatoms. The lowest BCUT2D eigenvalue weighted by molar-refractivity contribution is -0.142. The van der Waals surface area contributed by atoms with Crippen LogP contribution in [0.15, 0.2) is 57.5 Å². The molecule has 0 bridgehead atoms. The van der Waals surface area contributed by atoms with E-state index in [1.54, 1.807) is 38.1 Å². The molecule has 0 aliphatic carbocycles. The van der Waals surface area contributed by atoms with E-state index in [0.29, 0.717) is 28.5 Å². The summed E-state index contributed by atoms with van der Waals surface area (Å²) in [6.07, 6.45) is 2.16. The van der Waals surface area contributed by atoms with Gasteiger partial charge in [0.15, 0.2) is 0 Å². The smallest absolute Gasteiger partial charge is 0.271 e. The molecule has 5 nitrogen and oxygen atoms in total. The van der Waals surface area contributed by atoms with Crippen molar-refractivity contribution in [1.29, 1.82) is 5.26 Å². The fourth-order valence-corrected chi connectivity index (χ4v) is 3.29. The number of hydrogen-bond acceptors (Lipinski definition) is 4. The molecule has 2 heterocycles. The maximum Gasteiger partial charge on any atom is 0.271 e. The molecule has 0 saturated heterocycles. The van der Waals surface area contributed by atoms with Crippen LogP contribution in [0.1, 0.15) is 33.0 Å². The van der Waals surface area contributed by atoms with E-state index in [1.807, 2.05) is 31.2 Å².